The fourth-order valence-corrected chi connectivity index (χ4v) is 2.85. The lowest BCUT2D eigenvalue weighted by atomic mass is 10.1. The number of hydrogen-bond acceptors (Lipinski definition) is 7. The third kappa shape index (κ3) is 4.25. The highest BCUT2D eigenvalue weighted by molar-refractivity contribution is 5.73. The van der Waals surface area contributed by atoms with E-state index >= 15 is 0 Å². The number of hydrogen-bond donors (Lipinski definition) is 2. The van der Waals surface area contributed by atoms with Gasteiger partial charge >= 0.3 is 0 Å². The molecule has 0 aliphatic rings. The van der Waals surface area contributed by atoms with Crippen LogP contribution in [0.15, 0.2) is 29.0 Å². The van der Waals surface area contributed by atoms with Gasteiger partial charge < -0.3 is 21.2 Å². The number of quaternary nitrogens is 1. The molecule has 13 nitrogen and oxygen atoms in total. The number of nitro benzene ring substituents is 2. The van der Waals surface area contributed by atoms with Gasteiger partial charge in [0, 0.05) is 6.92 Å². The summed E-state index contributed by atoms with van der Waals surface area (Å²) in [5, 5.41) is 40.9. The zero-order valence-corrected chi connectivity index (χ0v) is 16.2. The molecule has 1 aromatic carbocycles. The van der Waals surface area contributed by atoms with Crippen LogP contribution in [0.2, 0.25) is 0 Å². The summed E-state index contributed by atoms with van der Waals surface area (Å²) in [6.07, 6.45) is 1.68. The Morgan fingerprint density at radius 2 is 1.97 bits per heavy atom. The number of H-pyrrole nitrogens is 1. The Bertz CT molecular complexity index is 1010. The molecule has 0 amide bonds. The van der Waals surface area contributed by atoms with Crippen LogP contribution in [0.3, 0.4) is 0 Å². The molecule has 0 unspecified atom stereocenters. The van der Waals surface area contributed by atoms with Crippen LogP contribution < -0.4 is 10.0 Å². The minimum atomic E-state index is -0.902. The summed E-state index contributed by atoms with van der Waals surface area (Å²) >= 11 is 0. The zero-order valence-electron chi connectivity index (χ0n) is 16.2. The monoisotopic (exact) mass is 404 g/mol. The number of non-ortho nitro benzene ring substituents is 1. The van der Waals surface area contributed by atoms with Crippen LogP contribution in [0.5, 0.6) is 0 Å². The predicted molar refractivity (Wildman–Crippen MR) is 102 cm³/mol. The van der Waals surface area contributed by atoms with Crippen molar-refractivity contribution < 1.29 is 19.9 Å². The van der Waals surface area contributed by atoms with E-state index < -0.39 is 32.4 Å². The minimum absolute atomic E-state index is 0.240. The van der Waals surface area contributed by atoms with Crippen LogP contribution in [-0.4, -0.2) is 14.8 Å². The second kappa shape index (κ2) is 8.12. The number of benzene rings is 1. The first-order chi connectivity index (χ1) is 13.5. The van der Waals surface area contributed by atoms with Crippen molar-refractivity contribution in [3.05, 3.63) is 66.8 Å². The predicted octanol–water partition coefficient (Wildman–Crippen LogP) is 2.61. The maximum absolute atomic E-state index is 11.3. The van der Waals surface area contributed by atoms with Gasteiger partial charge in [0.25, 0.3) is 17.2 Å². The lowest BCUT2D eigenvalue weighted by molar-refractivity contribution is -0.682. The molecule has 0 spiro atoms. The topological polar surface area (TPSA) is 184 Å². The number of nitro groups is 2. The summed E-state index contributed by atoms with van der Waals surface area (Å²) in [7, 11) is 1.82. The quantitative estimate of drug-likeness (QED) is 0.225. The number of imidazole rings is 1. The smallest absolute Gasteiger partial charge is 0.286 e. The van der Waals surface area contributed by atoms with E-state index in [0.717, 1.165) is 23.5 Å². The molecule has 1 aromatic heterocycles. The molecule has 0 atom stereocenters. The molecule has 0 radical (unpaired) electrons. The number of rotatable bonds is 8. The van der Waals surface area contributed by atoms with Crippen molar-refractivity contribution in [1.82, 2.24) is 4.98 Å². The lowest BCUT2D eigenvalue weighted by Gasteiger charge is -2.25. The fraction of sp³-hybridized carbons (Fsp3) is 0.312. The van der Waals surface area contributed by atoms with E-state index in [0.29, 0.717) is 5.82 Å². The van der Waals surface area contributed by atoms with Gasteiger partial charge in [0.05, 0.1) is 34.6 Å². The van der Waals surface area contributed by atoms with Crippen LogP contribution in [-0.2, 0) is 12.6 Å². The van der Waals surface area contributed by atoms with Gasteiger partial charge in [0.1, 0.15) is 17.1 Å². The normalized spacial score (nSPS) is 11.6. The maximum atomic E-state index is 11.3. The van der Waals surface area contributed by atoms with Crippen LogP contribution in [0.1, 0.15) is 31.1 Å². The van der Waals surface area contributed by atoms with Gasteiger partial charge in [-0.1, -0.05) is 6.58 Å². The second-order valence-electron chi connectivity index (χ2n) is 6.63. The van der Waals surface area contributed by atoms with Gasteiger partial charge in [0.15, 0.2) is 5.69 Å². The molecule has 0 saturated carbocycles. The Morgan fingerprint density at radius 1 is 1.31 bits per heavy atom. The largest absolute Gasteiger partial charge is 0.630 e. The molecule has 0 saturated heterocycles. The highest BCUT2D eigenvalue weighted by atomic mass is 16.6. The van der Waals surface area contributed by atoms with Crippen molar-refractivity contribution in [2.45, 2.75) is 26.3 Å². The number of aromatic nitrogens is 2. The molecule has 0 aliphatic heterocycles. The number of aromatic amines is 1. The molecule has 0 bridgehead atoms. The Morgan fingerprint density at radius 3 is 2.45 bits per heavy atom. The zero-order chi connectivity index (χ0) is 21.9. The Hall–Kier alpha value is -3.71. The highest BCUT2D eigenvalue weighted by Gasteiger charge is 2.30. The Balaban J connectivity index is 2.42. The van der Waals surface area contributed by atoms with E-state index in [1.165, 1.54) is 0 Å². The van der Waals surface area contributed by atoms with Gasteiger partial charge in [-0.15, -0.1) is 0 Å². The summed E-state index contributed by atoms with van der Waals surface area (Å²) in [4.78, 5) is 23.7. The van der Waals surface area contributed by atoms with Crippen molar-refractivity contribution in [1.29, 1.82) is 0 Å². The first-order valence-corrected chi connectivity index (χ1v) is 8.30. The van der Waals surface area contributed by atoms with Gasteiger partial charge in [0.2, 0.25) is 0 Å². The molecule has 154 valence electrons. The van der Waals surface area contributed by atoms with Crippen molar-refractivity contribution >= 4 is 28.8 Å². The van der Waals surface area contributed by atoms with E-state index in [9.17, 15) is 25.4 Å². The summed E-state index contributed by atoms with van der Waals surface area (Å²) < 4.78 is 1.84. The van der Waals surface area contributed by atoms with Crippen molar-refractivity contribution in [2.24, 2.45) is 17.4 Å². The molecule has 13 heteroatoms. The Kier molecular flexibility index (Phi) is 6.04. The first kappa shape index (κ1) is 21.6. The molecule has 3 N–H and O–H groups in total. The molecular formula is C16H20N8O5. The third-order valence-electron chi connectivity index (χ3n) is 4.24. The fourth-order valence-electron chi connectivity index (χ4n) is 2.85. The minimum Gasteiger partial charge on any atom is -0.630 e. The summed E-state index contributed by atoms with van der Waals surface area (Å²) in [5.74, 6) is 0.678. The van der Waals surface area contributed by atoms with Crippen LogP contribution >= 0.6 is 0 Å². The summed E-state index contributed by atoms with van der Waals surface area (Å²) in [5.41, 5.74) is 3.11. The number of nitrogens with one attached hydrogen (secondary N) is 1. The van der Waals surface area contributed by atoms with Crippen LogP contribution in [0.4, 0.5) is 22.7 Å². The molecule has 2 aromatic rings. The van der Waals surface area contributed by atoms with E-state index in [1.807, 2.05) is 18.5 Å². The van der Waals surface area contributed by atoms with E-state index in [2.05, 4.69) is 27.3 Å². The molecule has 1 heterocycles. The molecular weight excluding hydrogens is 384 g/mol. The number of nitrogens with two attached hydrogens (primary N) is 1. The number of nitrogens with zero attached hydrogens (tertiary/aromatic N) is 6. The average molecular weight is 404 g/mol. The third-order valence-corrected chi connectivity index (χ3v) is 4.24. The Labute approximate surface area is 165 Å². The van der Waals surface area contributed by atoms with Gasteiger partial charge in [-0.25, -0.2) is 9.55 Å². The van der Waals surface area contributed by atoms with Crippen molar-refractivity contribution in [2.75, 3.05) is 0 Å². The average Bonchev–Trinajstić information content (AvgIpc) is 2.95. The number of aryl methyl sites for hydroxylation is 1. The standard InChI is InChI=1S/C16H19N8O5/c1-6-12-9(2)17-15(22(12)5)16(3,4)20-21-18-14-11(19-25)7-10(23(26)27)8-13(14)24(28)29/h6-8H,1,19H2,2-5H3/q-1/p+1. The van der Waals surface area contributed by atoms with Crippen molar-refractivity contribution in [3.63, 3.8) is 0 Å². The van der Waals surface area contributed by atoms with Crippen LogP contribution in [0.25, 0.3) is 11.5 Å². The summed E-state index contributed by atoms with van der Waals surface area (Å²) in [6, 6.07) is 1.61. The van der Waals surface area contributed by atoms with Gasteiger partial charge in [-0.05, 0) is 19.9 Å². The van der Waals surface area contributed by atoms with Gasteiger partial charge in [-0.3, -0.25) is 25.5 Å². The molecule has 29 heavy (non-hydrogen) atoms. The summed E-state index contributed by atoms with van der Waals surface area (Å²) in [6.45, 7) is 9.12. The first-order valence-electron chi connectivity index (χ1n) is 8.30. The van der Waals surface area contributed by atoms with E-state index in [1.54, 1.807) is 19.9 Å². The highest BCUT2D eigenvalue weighted by Crippen LogP contribution is 2.38. The maximum Gasteiger partial charge on any atom is 0.286 e. The van der Waals surface area contributed by atoms with Gasteiger partial charge in [-0.2, -0.15) is 0 Å². The molecule has 0 fully saturated rings. The molecule has 0 aliphatic carbocycles. The van der Waals surface area contributed by atoms with E-state index in [4.69, 9.17) is 0 Å². The SMILES string of the molecule is C=Cc1c(C)[nH]c(C(C)(C)[N-]N=Nc2c([NH2+][O-])cc([N+](=O)[O-])cc2[N+](=O)[O-])[n+]1C. The van der Waals surface area contributed by atoms with E-state index in [-0.39, 0.29) is 11.2 Å². The van der Waals surface area contributed by atoms with Crippen LogP contribution in [0, 0.1) is 32.4 Å². The second-order valence-corrected chi connectivity index (χ2v) is 6.63. The molecule has 2 rings (SSSR count). The van der Waals surface area contributed by atoms with Crippen molar-refractivity contribution in [3.8, 4) is 0 Å². The lowest BCUT2D eigenvalue weighted by Crippen LogP contribution is -2.70.